The van der Waals surface area contributed by atoms with Crippen molar-refractivity contribution in [3.05, 3.63) is 41.6 Å². The third-order valence-electron chi connectivity index (χ3n) is 2.96. The molecule has 1 aromatic heterocycles. The largest absolute Gasteiger partial charge is 0.496 e. The molecule has 0 radical (unpaired) electrons. The van der Waals surface area contributed by atoms with E-state index in [2.05, 4.69) is 14.7 Å². The number of benzene rings is 1. The van der Waals surface area contributed by atoms with Crippen molar-refractivity contribution >= 4 is 5.97 Å². The van der Waals surface area contributed by atoms with Gasteiger partial charge in [-0.15, -0.1) is 0 Å². The van der Waals surface area contributed by atoms with Crippen molar-refractivity contribution in [2.24, 2.45) is 0 Å². The van der Waals surface area contributed by atoms with Crippen LogP contribution in [0.3, 0.4) is 0 Å². The van der Waals surface area contributed by atoms with E-state index < -0.39 is 11.8 Å². The van der Waals surface area contributed by atoms with Crippen molar-refractivity contribution in [1.29, 1.82) is 0 Å². The molecule has 0 aliphatic rings. The van der Waals surface area contributed by atoms with Gasteiger partial charge in [0.25, 0.3) is 5.88 Å². The second kappa shape index (κ2) is 6.84. The molecule has 0 saturated carbocycles. The Morgan fingerprint density at radius 3 is 2.68 bits per heavy atom. The summed E-state index contributed by atoms with van der Waals surface area (Å²) in [4.78, 5) is 19.2. The molecule has 22 heavy (non-hydrogen) atoms. The molecule has 6 nitrogen and oxygen atoms in total. The lowest BCUT2D eigenvalue weighted by molar-refractivity contribution is 0.0597. The fourth-order valence-corrected chi connectivity index (χ4v) is 1.83. The fraction of sp³-hybridized carbons (Fsp3) is 0.267. The summed E-state index contributed by atoms with van der Waals surface area (Å²) in [5.74, 6) is -0.788. The summed E-state index contributed by atoms with van der Waals surface area (Å²) in [5.41, 5.74) is 0.512. The minimum absolute atomic E-state index is 0.181. The summed E-state index contributed by atoms with van der Waals surface area (Å²) in [6.45, 7) is 1.78. The third-order valence-corrected chi connectivity index (χ3v) is 2.96. The first-order valence-electron chi connectivity index (χ1n) is 6.54. The zero-order chi connectivity index (χ0) is 16.1. The molecule has 0 N–H and O–H groups in total. The van der Waals surface area contributed by atoms with Crippen molar-refractivity contribution in [2.75, 3.05) is 14.2 Å². The molecular weight excluding hydrogens is 291 g/mol. The second-order valence-electron chi connectivity index (χ2n) is 4.25. The molecule has 2 aromatic rings. The van der Waals surface area contributed by atoms with Gasteiger partial charge in [-0.25, -0.2) is 9.78 Å². The predicted octanol–water partition coefficient (Wildman–Crippen LogP) is 2.77. The maximum atomic E-state index is 14.0. The topological polar surface area (TPSA) is 70.5 Å². The van der Waals surface area contributed by atoms with Crippen LogP contribution in [0.4, 0.5) is 4.39 Å². The minimum Gasteiger partial charge on any atom is -0.496 e. The zero-order valence-corrected chi connectivity index (χ0v) is 12.4. The van der Waals surface area contributed by atoms with Crippen LogP contribution in [0.5, 0.6) is 17.4 Å². The normalized spacial score (nSPS) is 10.2. The van der Waals surface area contributed by atoms with E-state index in [9.17, 15) is 9.18 Å². The Morgan fingerprint density at radius 2 is 2.05 bits per heavy atom. The third kappa shape index (κ3) is 3.13. The van der Waals surface area contributed by atoms with Crippen LogP contribution in [0, 0.1) is 5.82 Å². The summed E-state index contributed by atoms with van der Waals surface area (Å²) in [6.07, 6.45) is 1.66. The standard InChI is InChI=1S/C15H15FN2O4/c1-4-11-13(16)14(18-8-17-11)22-9-5-6-10(15(19)21-3)12(7-9)20-2/h5-8H,4H2,1-3H3. The number of methoxy groups -OCH3 is 2. The average Bonchev–Trinajstić information content (AvgIpc) is 2.56. The minimum atomic E-state index is -0.610. The molecule has 1 aromatic carbocycles. The van der Waals surface area contributed by atoms with Gasteiger partial charge in [0, 0.05) is 6.07 Å². The highest BCUT2D eigenvalue weighted by Crippen LogP contribution is 2.29. The van der Waals surface area contributed by atoms with Crippen LogP contribution in [0.15, 0.2) is 24.5 Å². The Bertz CT molecular complexity index is 691. The first-order valence-corrected chi connectivity index (χ1v) is 6.54. The smallest absolute Gasteiger partial charge is 0.341 e. The number of hydrogen-bond donors (Lipinski definition) is 0. The predicted molar refractivity (Wildman–Crippen MR) is 75.8 cm³/mol. The van der Waals surface area contributed by atoms with Crippen molar-refractivity contribution in [1.82, 2.24) is 9.97 Å². The number of ether oxygens (including phenoxy) is 3. The molecule has 116 valence electrons. The lowest BCUT2D eigenvalue weighted by Gasteiger charge is -2.10. The zero-order valence-electron chi connectivity index (χ0n) is 12.4. The van der Waals surface area contributed by atoms with Crippen LogP contribution in [-0.4, -0.2) is 30.2 Å². The lowest BCUT2D eigenvalue weighted by Crippen LogP contribution is -2.04. The summed E-state index contributed by atoms with van der Waals surface area (Å²) < 4.78 is 29.2. The van der Waals surface area contributed by atoms with Gasteiger partial charge in [0.05, 0.1) is 19.9 Å². The van der Waals surface area contributed by atoms with E-state index in [0.717, 1.165) is 0 Å². The number of aromatic nitrogens is 2. The molecule has 0 atom stereocenters. The van der Waals surface area contributed by atoms with E-state index in [1.807, 2.05) is 0 Å². The Hall–Kier alpha value is -2.70. The van der Waals surface area contributed by atoms with Gasteiger partial charge in [0.1, 0.15) is 23.4 Å². The van der Waals surface area contributed by atoms with Crippen LogP contribution in [-0.2, 0) is 11.2 Å². The molecule has 0 saturated heterocycles. The van der Waals surface area contributed by atoms with E-state index in [1.54, 1.807) is 6.92 Å². The number of rotatable bonds is 5. The first-order chi connectivity index (χ1) is 10.6. The summed E-state index contributed by atoms with van der Waals surface area (Å²) in [6, 6.07) is 4.43. The molecule has 2 rings (SSSR count). The Labute approximate surface area is 126 Å². The number of carbonyl (C=O) groups is 1. The molecule has 0 fully saturated rings. The van der Waals surface area contributed by atoms with Crippen molar-refractivity contribution in [3.8, 4) is 17.4 Å². The lowest BCUT2D eigenvalue weighted by atomic mass is 10.2. The fourth-order valence-electron chi connectivity index (χ4n) is 1.83. The van der Waals surface area contributed by atoms with E-state index >= 15 is 0 Å². The van der Waals surface area contributed by atoms with Gasteiger partial charge in [-0.05, 0) is 18.6 Å². The van der Waals surface area contributed by atoms with Gasteiger partial charge in [-0.1, -0.05) is 6.92 Å². The maximum Gasteiger partial charge on any atom is 0.341 e. The van der Waals surface area contributed by atoms with Crippen molar-refractivity contribution in [3.63, 3.8) is 0 Å². The van der Waals surface area contributed by atoms with E-state index in [1.165, 1.54) is 38.7 Å². The molecule has 0 aliphatic heterocycles. The number of carbonyl (C=O) groups excluding carboxylic acids is 1. The molecule has 1 heterocycles. The van der Waals surface area contributed by atoms with Gasteiger partial charge in [-0.2, -0.15) is 9.37 Å². The molecule has 7 heteroatoms. The summed E-state index contributed by atoms with van der Waals surface area (Å²) in [7, 11) is 2.68. The highest BCUT2D eigenvalue weighted by molar-refractivity contribution is 5.92. The molecule has 0 spiro atoms. The molecule has 0 amide bonds. The van der Waals surface area contributed by atoms with Crippen molar-refractivity contribution < 1.29 is 23.4 Å². The number of halogens is 1. The van der Waals surface area contributed by atoms with Crippen molar-refractivity contribution in [2.45, 2.75) is 13.3 Å². The van der Waals surface area contributed by atoms with Crippen LogP contribution in [0.1, 0.15) is 23.0 Å². The number of nitrogens with zero attached hydrogens (tertiary/aromatic N) is 2. The Kier molecular flexibility index (Phi) is 4.88. The second-order valence-corrected chi connectivity index (χ2v) is 4.25. The summed E-state index contributed by atoms with van der Waals surface area (Å²) >= 11 is 0. The van der Waals surface area contributed by atoms with Crippen LogP contribution in [0.2, 0.25) is 0 Å². The van der Waals surface area contributed by atoms with E-state index in [0.29, 0.717) is 6.42 Å². The van der Waals surface area contributed by atoms with Gasteiger partial charge >= 0.3 is 5.97 Å². The molecule has 0 bridgehead atoms. The highest BCUT2D eigenvalue weighted by Gasteiger charge is 2.16. The number of aryl methyl sites for hydroxylation is 1. The summed E-state index contributed by atoms with van der Waals surface area (Å²) in [5, 5.41) is 0. The number of hydrogen-bond acceptors (Lipinski definition) is 6. The average molecular weight is 306 g/mol. The van der Waals surface area contributed by atoms with E-state index in [-0.39, 0.29) is 28.6 Å². The van der Waals surface area contributed by atoms with Gasteiger partial charge in [0.15, 0.2) is 0 Å². The first kappa shape index (κ1) is 15.7. The highest BCUT2D eigenvalue weighted by atomic mass is 19.1. The molecular formula is C15H15FN2O4. The SMILES string of the molecule is CCc1ncnc(Oc2ccc(C(=O)OC)c(OC)c2)c1F. The molecule has 0 aliphatic carbocycles. The molecule has 0 unspecified atom stereocenters. The van der Waals surface area contributed by atoms with Gasteiger partial charge < -0.3 is 14.2 Å². The monoisotopic (exact) mass is 306 g/mol. The Morgan fingerprint density at radius 1 is 1.27 bits per heavy atom. The quantitative estimate of drug-likeness (QED) is 0.791. The van der Waals surface area contributed by atoms with Crippen LogP contribution >= 0.6 is 0 Å². The van der Waals surface area contributed by atoms with Gasteiger partial charge in [-0.3, -0.25) is 0 Å². The Balaban J connectivity index is 2.33. The maximum absolute atomic E-state index is 14.0. The number of esters is 1. The van der Waals surface area contributed by atoms with Gasteiger partial charge in [0.2, 0.25) is 5.82 Å². The van der Waals surface area contributed by atoms with Crippen LogP contribution < -0.4 is 9.47 Å². The van der Waals surface area contributed by atoms with E-state index in [4.69, 9.17) is 9.47 Å². The van der Waals surface area contributed by atoms with Crippen LogP contribution in [0.25, 0.3) is 0 Å².